The second kappa shape index (κ2) is 7.27. The van der Waals surface area contributed by atoms with Crippen molar-refractivity contribution in [1.29, 1.82) is 0 Å². The van der Waals surface area contributed by atoms with Gasteiger partial charge in [0.25, 0.3) is 0 Å². The Balaban J connectivity index is 1.80. The van der Waals surface area contributed by atoms with Crippen LogP contribution in [0.2, 0.25) is 0 Å². The van der Waals surface area contributed by atoms with Crippen molar-refractivity contribution in [2.24, 2.45) is 14.1 Å². The highest BCUT2D eigenvalue weighted by Gasteiger charge is 1.94. The Morgan fingerprint density at radius 2 is 0.917 bits per heavy atom. The molecule has 0 aliphatic heterocycles. The number of hydrogen-bond donors (Lipinski definition) is 0. The minimum atomic E-state index is 0.967. The van der Waals surface area contributed by atoms with E-state index < -0.39 is 0 Å². The van der Waals surface area contributed by atoms with Gasteiger partial charge >= 0.3 is 0 Å². The van der Waals surface area contributed by atoms with E-state index in [1.54, 1.807) is 0 Å². The largest absolute Gasteiger partial charge is 0.208 e. The number of hydrogen-bond acceptors (Lipinski definition) is 0. The molecule has 2 nitrogen and oxygen atoms in total. The minimum Gasteiger partial charge on any atom is -0.208 e. The lowest BCUT2D eigenvalue weighted by atomic mass is 10.1. The Hall–Kier alpha value is -3.36. The highest BCUT2D eigenvalue weighted by molar-refractivity contribution is 5.48. The number of pyridine rings is 2. The maximum atomic E-state index is 3.20. The molecule has 0 saturated heterocycles. The highest BCUT2D eigenvalue weighted by Crippen LogP contribution is 2.04. The van der Waals surface area contributed by atoms with Gasteiger partial charge in [0.05, 0.1) is 0 Å². The van der Waals surface area contributed by atoms with E-state index in [9.17, 15) is 0 Å². The predicted octanol–water partition coefficient (Wildman–Crippen LogP) is 2.14. The summed E-state index contributed by atoms with van der Waals surface area (Å²) in [6.07, 6.45) is 7.97. The summed E-state index contributed by atoms with van der Waals surface area (Å²) in [5.74, 6) is 12.8. The molecule has 0 unspecified atom stereocenters. The molecule has 3 rings (SSSR count). The first-order chi connectivity index (χ1) is 11.7. The zero-order chi connectivity index (χ0) is 16.8. The Morgan fingerprint density at radius 3 is 1.33 bits per heavy atom. The standard InChI is InChI=1S/C22H18N2/c1-23-14-10-19(11-15-23)6-8-21-4-3-5-22(18-21)9-7-20-12-16-24(2)17-13-20/h3-5,10-18H,1-2H3/q+2. The zero-order valence-electron chi connectivity index (χ0n) is 13.8. The van der Waals surface area contributed by atoms with Crippen LogP contribution in [0.15, 0.2) is 73.3 Å². The van der Waals surface area contributed by atoms with E-state index in [1.165, 1.54) is 0 Å². The topological polar surface area (TPSA) is 7.76 Å². The van der Waals surface area contributed by atoms with Gasteiger partial charge in [0, 0.05) is 46.5 Å². The molecule has 0 N–H and O–H groups in total. The fraction of sp³-hybridized carbons (Fsp3) is 0.0909. The Kier molecular flexibility index (Phi) is 4.70. The average molecular weight is 310 g/mol. The van der Waals surface area contributed by atoms with Crippen molar-refractivity contribution in [3.63, 3.8) is 0 Å². The number of rotatable bonds is 0. The van der Waals surface area contributed by atoms with Crippen LogP contribution in [0.3, 0.4) is 0 Å². The SMILES string of the molecule is C[n+]1ccc(C#Cc2cccc(C#Cc3cc[n+](C)cc3)c2)cc1. The van der Waals surface area contributed by atoms with Crippen LogP contribution in [0.25, 0.3) is 0 Å². The van der Waals surface area contributed by atoms with Gasteiger partial charge in [-0.2, -0.15) is 0 Å². The van der Waals surface area contributed by atoms with Gasteiger partial charge in [0.1, 0.15) is 14.1 Å². The molecule has 3 aromatic rings. The minimum absolute atomic E-state index is 0.967. The van der Waals surface area contributed by atoms with E-state index in [4.69, 9.17) is 0 Å². The quantitative estimate of drug-likeness (QED) is 0.444. The van der Waals surface area contributed by atoms with E-state index in [0.29, 0.717) is 0 Å². The Morgan fingerprint density at radius 1 is 0.542 bits per heavy atom. The smallest absolute Gasteiger partial charge is 0.169 e. The third-order valence-corrected chi connectivity index (χ3v) is 3.52. The third kappa shape index (κ3) is 4.32. The van der Waals surface area contributed by atoms with Crippen LogP contribution >= 0.6 is 0 Å². The summed E-state index contributed by atoms with van der Waals surface area (Å²) in [4.78, 5) is 0. The monoisotopic (exact) mass is 310 g/mol. The molecule has 2 aromatic heterocycles. The fourth-order valence-electron chi connectivity index (χ4n) is 2.13. The van der Waals surface area contributed by atoms with Crippen LogP contribution in [0.5, 0.6) is 0 Å². The summed E-state index contributed by atoms with van der Waals surface area (Å²) in [5, 5.41) is 0. The van der Waals surface area contributed by atoms with E-state index in [2.05, 4.69) is 23.7 Å². The van der Waals surface area contributed by atoms with Crippen molar-refractivity contribution < 1.29 is 9.13 Å². The molecular weight excluding hydrogens is 292 g/mol. The molecule has 2 heterocycles. The molecule has 0 amide bonds. The number of aromatic nitrogens is 2. The molecule has 0 atom stereocenters. The summed E-state index contributed by atoms with van der Waals surface area (Å²) >= 11 is 0. The highest BCUT2D eigenvalue weighted by atomic mass is 14.9. The van der Waals surface area contributed by atoms with Gasteiger partial charge in [0.15, 0.2) is 24.8 Å². The van der Waals surface area contributed by atoms with Crippen LogP contribution in [-0.4, -0.2) is 0 Å². The molecule has 0 aliphatic carbocycles. The predicted molar refractivity (Wildman–Crippen MR) is 93.6 cm³/mol. The molecule has 2 heteroatoms. The third-order valence-electron chi connectivity index (χ3n) is 3.52. The second-order valence-electron chi connectivity index (χ2n) is 5.59. The van der Waals surface area contributed by atoms with Crippen molar-refractivity contribution in [2.75, 3.05) is 0 Å². The van der Waals surface area contributed by atoms with Gasteiger partial charge in [-0.3, -0.25) is 0 Å². The maximum absolute atomic E-state index is 3.20. The van der Waals surface area contributed by atoms with Crippen LogP contribution in [0, 0.1) is 23.7 Å². The number of nitrogens with zero attached hydrogens (tertiary/aromatic N) is 2. The molecule has 24 heavy (non-hydrogen) atoms. The molecular formula is C22H18N2+2. The van der Waals surface area contributed by atoms with Crippen molar-refractivity contribution in [1.82, 2.24) is 0 Å². The van der Waals surface area contributed by atoms with E-state index in [-0.39, 0.29) is 0 Å². The van der Waals surface area contributed by atoms with Crippen molar-refractivity contribution in [3.8, 4) is 23.7 Å². The van der Waals surface area contributed by atoms with Gasteiger partial charge in [-0.25, -0.2) is 9.13 Å². The molecule has 1 aromatic carbocycles. The first-order valence-corrected chi connectivity index (χ1v) is 7.74. The van der Waals surface area contributed by atoms with Crippen LogP contribution in [-0.2, 0) is 14.1 Å². The van der Waals surface area contributed by atoms with Gasteiger partial charge < -0.3 is 0 Å². The Bertz CT molecular complexity index is 882. The van der Waals surface area contributed by atoms with Crippen molar-refractivity contribution in [3.05, 3.63) is 95.6 Å². The number of aryl methyl sites for hydroxylation is 2. The van der Waals surface area contributed by atoms with Crippen LogP contribution in [0.1, 0.15) is 22.3 Å². The summed E-state index contributed by atoms with van der Waals surface area (Å²) < 4.78 is 3.98. The van der Waals surface area contributed by atoms with Gasteiger partial charge in [-0.05, 0) is 18.2 Å². The lowest BCUT2D eigenvalue weighted by Crippen LogP contribution is -2.25. The fourth-order valence-corrected chi connectivity index (χ4v) is 2.13. The van der Waals surface area contributed by atoms with E-state index >= 15 is 0 Å². The number of benzene rings is 1. The second-order valence-corrected chi connectivity index (χ2v) is 5.59. The lowest BCUT2D eigenvalue weighted by molar-refractivity contribution is -0.671. The average Bonchev–Trinajstić information content (AvgIpc) is 2.61. The van der Waals surface area contributed by atoms with Crippen LogP contribution < -0.4 is 9.13 Å². The first-order valence-electron chi connectivity index (χ1n) is 7.74. The van der Waals surface area contributed by atoms with Crippen molar-refractivity contribution >= 4 is 0 Å². The van der Waals surface area contributed by atoms with Gasteiger partial charge in [-0.15, -0.1) is 0 Å². The molecule has 0 spiro atoms. The summed E-state index contributed by atoms with van der Waals surface area (Å²) in [6, 6.07) is 16.0. The molecule has 0 bridgehead atoms. The van der Waals surface area contributed by atoms with Gasteiger partial charge in [-0.1, -0.05) is 29.7 Å². The normalized spacial score (nSPS) is 9.42. The molecule has 0 fully saturated rings. The molecule has 0 aliphatic rings. The van der Waals surface area contributed by atoms with Gasteiger partial charge in [0.2, 0.25) is 0 Å². The van der Waals surface area contributed by atoms with Crippen LogP contribution in [0.4, 0.5) is 0 Å². The summed E-state index contributed by atoms with van der Waals surface area (Å²) in [6.45, 7) is 0. The lowest BCUT2D eigenvalue weighted by Gasteiger charge is -1.93. The zero-order valence-corrected chi connectivity index (χ0v) is 13.8. The molecule has 0 radical (unpaired) electrons. The first kappa shape index (κ1) is 15.5. The van der Waals surface area contributed by atoms with E-state index in [0.717, 1.165) is 22.3 Å². The molecule has 114 valence electrons. The summed E-state index contributed by atoms with van der Waals surface area (Å²) in [5.41, 5.74) is 3.94. The van der Waals surface area contributed by atoms with E-state index in [1.807, 2.05) is 96.5 Å². The maximum Gasteiger partial charge on any atom is 0.169 e. The molecule has 0 saturated carbocycles. The summed E-state index contributed by atoms with van der Waals surface area (Å²) in [7, 11) is 3.98. The van der Waals surface area contributed by atoms with Crippen molar-refractivity contribution in [2.45, 2.75) is 0 Å². The Labute approximate surface area is 143 Å².